The number of alkyl halides is 3. The van der Waals surface area contributed by atoms with Crippen molar-refractivity contribution in [2.75, 3.05) is 0 Å². The fourth-order valence-electron chi connectivity index (χ4n) is 2.74. The Kier molecular flexibility index (Phi) is 5.41. The summed E-state index contributed by atoms with van der Waals surface area (Å²) in [5.74, 6) is -1.05. The Morgan fingerprint density at radius 1 is 1.07 bits per heavy atom. The Bertz CT molecular complexity index is 1060. The number of ketones is 1. The number of Topliss-reactive ketones (excluding diaryl/α,β-unsaturated/α-hetero) is 1. The summed E-state index contributed by atoms with van der Waals surface area (Å²) < 4.78 is 38.9. The molecule has 0 bridgehead atoms. The zero-order chi connectivity index (χ0) is 21.2. The molecule has 0 fully saturated rings. The fraction of sp³-hybridized carbons (Fsp3) is 0.300. The van der Waals surface area contributed by atoms with Gasteiger partial charge < -0.3 is 5.32 Å². The molecule has 6 nitrogen and oxygen atoms in total. The average Bonchev–Trinajstić information content (AvgIpc) is 3.08. The molecular formula is C20H19F3N4O2. The molecule has 3 aromatic rings. The number of pyridine rings is 1. The van der Waals surface area contributed by atoms with E-state index in [1.54, 1.807) is 12.3 Å². The third-order valence-electron chi connectivity index (χ3n) is 4.50. The first-order chi connectivity index (χ1) is 13.5. The molecule has 0 aliphatic heterocycles. The van der Waals surface area contributed by atoms with Gasteiger partial charge in [0.25, 0.3) is 5.91 Å². The van der Waals surface area contributed by atoms with E-state index in [-0.39, 0.29) is 24.3 Å². The zero-order valence-corrected chi connectivity index (χ0v) is 15.8. The summed E-state index contributed by atoms with van der Waals surface area (Å²) in [6.45, 7) is 1.74. The van der Waals surface area contributed by atoms with Gasteiger partial charge in [-0.1, -0.05) is 12.1 Å². The van der Waals surface area contributed by atoms with Gasteiger partial charge in [0.15, 0.2) is 0 Å². The van der Waals surface area contributed by atoms with E-state index in [0.717, 1.165) is 30.3 Å². The van der Waals surface area contributed by atoms with Crippen molar-refractivity contribution >= 4 is 22.6 Å². The highest BCUT2D eigenvalue weighted by Crippen LogP contribution is 2.29. The van der Waals surface area contributed by atoms with Crippen molar-refractivity contribution in [2.24, 2.45) is 0 Å². The third-order valence-corrected chi connectivity index (χ3v) is 4.50. The van der Waals surface area contributed by atoms with Gasteiger partial charge in [-0.05, 0) is 43.2 Å². The van der Waals surface area contributed by atoms with Crippen LogP contribution >= 0.6 is 0 Å². The molecule has 3 rings (SSSR count). The third kappa shape index (κ3) is 4.79. The standard InChI is InChI=1S/C20H19F3N4O2/c1-19(2,20(21,22)23)26-18(29)17-10-13(5-6-24-17)8-15(28)7-12-3-4-14-11-25-27-16(14)9-12/h3-6,9-11H,7-8H2,1-2H3,(H,25,27)(H,26,29). The first kappa shape index (κ1) is 20.5. The quantitative estimate of drug-likeness (QED) is 0.659. The minimum absolute atomic E-state index is 0.0342. The fourth-order valence-corrected chi connectivity index (χ4v) is 2.74. The molecule has 9 heteroatoms. The Morgan fingerprint density at radius 2 is 1.76 bits per heavy atom. The van der Waals surface area contributed by atoms with Crippen LogP contribution < -0.4 is 5.32 Å². The number of rotatable bonds is 6. The first-order valence-corrected chi connectivity index (χ1v) is 8.83. The van der Waals surface area contributed by atoms with Crippen LogP contribution in [0.25, 0.3) is 10.9 Å². The predicted molar refractivity (Wildman–Crippen MR) is 100 cm³/mol. The van der Waals surface area contributed by atoms with E-state index in [9.17, 15) is 22.8 Å². The Balaban J connectivity index is 1.67. The van der Waals surface area contributed by atoms with E-state index in [2.05, 4.69) is 15.2 Å². The molecule has 29 heavy (non-hydrogen) atoms. The molecule has 2 aromatic heterocycles. The van der Waals surface area contributed by atoms with Gasteiger partial charge in [0.05, 0.1) is 11.7 Å². The lowest BCUT2D eigenvalue weighted by atomic mass is 10.0. The van der Waals surface area contributed by atoms with E-state index >= 15 is 0 Å². The second kappa shape index (κ2) is 7.65. The highest BCUT2D eigenvalue weighted by atomic mass is 19.4. The monoisotopic (exact) mass is 404 g/mol. The van der Waals surface area contributed by atoms with Gasteiger partial charge in [-0.25, -0.2) is 0 Å². The number of aromatic amines is 1. The molecule has 0 unspecified atom stereocenters. The lowest BCUT2D eigenvalue weighted by Crippen LogP contribution is -2.54. The molecular weight excluding hydrogens is 385 g/mol. The van der Waals surface area contributed by atoms with Crippen LogP contribution in [0.5, 0.6) is 0 Å². The van der Waals surface area contributed by atoms with Crippen LogP contribution in [0, 0.1) is 0 Å². The molecule has 152 valence electrons. The van der Waals surface area contributed by atoms with E-state index in [4.69, 9.17) is 0 Å². The van der Waals surface area contributed by atoms with Crippen molar-refractivity contribution in [3.05, 3.63) is 59.5 Å². The van der Waals surface area contributed by atoms with Gasteiger partial charge in [-0.15, -0.1) is 0 Å². The number of H-pyrrole nitrogens is 1. The largest absolute Gasteiger partial charge is 0.410 e. The van der Waals surface area contributed by atoms with Crippen molar-refractivity contribution in [3.63, 3.8) is 0 Å². The molecule has 0 saturated carbocycles. The number of fused-ring (bicyclic) bond motifs is 1. The van der Waals surface area contributed by atoms with Crippen LogP contribution in [0.15, 0.2) is 42.7 Å². The van der Waals surface area contributed by atoms with Crippen molar-refractivity contribution in [1.82, 2.24) is 20.5 Å². The van der Waals surface area contributed by atoms with Crippen molar-refractivity contribution in [2.45, 2.75) is 38.4 Å². The molecule has 1 aromatic carbocycles. The Morgan fingerprint density at radius 3 is 2.45 bits per heavy atom. The summed E-state index contributed by atoms with van der Waals surface area (Å²) >= 11 is 0. The van der Waals surface area contributed by atoms with Gasteiger partial charge in [-0.3, -0.25) is 19.7 Å². The molecule has 0 atom stereocenters. The number of hydrogen-bond donors (Lipinski definition) is 2. The van der Waals surface area contributed by atoms with Crippen molar-refractivity contribution in [1.29, 1.82) is 0 Å². The molecule has 0 radical (unpaired) electrons. The summed E-state index contributed by atoms with van der Waals surface area (Å²) in [5.41, 5.74) is -0.437. The molecule has 2 N–H and O–H groups in total. The van der Waals surface area contributed by atoms with E-state index in [1.165, 1.54) is 12.3 Å². The van der Waals surface area contributed by atoms with Gasteiger partial charge >= 0.3 is 6.18 Å². The van der Waals surface area contributed by atoms with Crippen LogP contribution in [-0.2, 0) is 17.6 Å². The minimum Gasteiger partial charge on any atom is -0.337 e. The van der Waals surface area contributed by atoms with E-state index < -0.39 is 17.6 Å². The van der Waals surface area contributed by atoms with Gasteiger partial charge in [-0.2, -0.15) is 18.3 Å². The number of benzene rings is 1. The predicted octanol–water partition coefficient (Wildman–Crippen LogP) is 3.38. The van der Waals surface area contributed by atoms with Crippen LogP contribution in [-0.4, -0.2) is 38.6 Å². The summed E-state index contributed by atoms with van der Waals surface area (Å²) in [7, 11) is 0. The maximum absolute atomic E-state index is 13.0. The van der Waals surface area contributed by atoms with Crippen LogP contribution in [0.1, 0.15) is 35.5 Å². The normalized spacial score (nSPS) is 12.2. The number of nitrogens with one attached hydrogen (secondary N) is 2. The van der Waals surface area contributed by atoms with Crippen molar-refractivity contribution < 1.29 is 22.8 Å². The van der Waals surface area contributed by atoms with Crippen molar-refractivity contribution in [3.8, 4) is 0 Å². The maximum atomic E-state index is 13.0. The molecule has 0 spiro atoms. The van der Waals surface area contributed by atoms with Gasteiger partial charge in [0, 0.05) is 24.4 Å². The summed E-state index contributed by atoms with van der Waals surface area (Å²) in [5, 5.41) is 9.63. The number of aromatic nitrogens is 3. The number of carbonyl (C=O) groups is 2. The average molecular weight is 404 g/mol. The topological polar surface area (TPSA) is 87.7 Å². The minimum atomic E-state index is -4.61. The highest BCUT2D eigenvalue weighted by molar-refractivity contribution is 5.93. The Labute approximate surface area is 164 Å². The second-order valence-corrected chi connectivity index (χ2v) is 7.31. The molecule has 0 aliphatic carbocycles. The molecule has 0 aliphatic rings. The van der Waals surface area contributed by atoms with Crippen LogP contribution in [0.3, 0.4) is 0 Å². The molecule has 1 amide bonds. The number of nitrogens with zero attached hydrogens (tertiary/aromatic N) is 2. The zero-order valence-electron chi connectivity index (χ0n) is 15.8. The smallest absolute Gasteiger partial charge is 0.337 e. The van der Waals surface area contributed by atoms with Crippen LogP contribution in [0.4, 0.5) is 13.2 Å². The number of halogens is 3. The number of hydrogen-bond acceptors (Lipinski definition) is 4. The van der Waals surface area contributed by atoms with E-state index in [1.807, 2.05) is 23.5 Å². The number of carbonyl (C=O) groups excluding carboxylic acids is 2. The lowest BCUT2D eigenvalue weighted by Gasteiger charge is -2.28. The van der Waals surface area contributed by atoms with E-state index in [0.29, 0.717) is 5.56 Å². The second-order valence-electron chi connectivity index (χ2n) is 7.31. The maximum Gasteiger partial charge on any atom is 0.410 e. The first-order valence-electron chi connectivity index (χ1n) is 8.83. The summed E-state index contributed by atoms with van der Waals surface area (Å²) in [4.78, 5) is 28.4. The number of amides is 1. The highest BCUT2D eigenvalue weighted by Gasteiger charge is 2.48. The summed E-state index contributed by atoms with van der Waals surface area (Å²) in [6.07, 6.45) is -1.41. The lowest BCUT2D eigenvalue weighted by molar-refractivity contribution is -0.182. The van der Waals surface area contributed by atoms with Gasteiger partial charge in [0.1, 0.15) is 17.0 Å². The SMILES string of the molecule is CC(C)(NC(=O)c1cc(CC(=O)Cc2ccc3cn[nH]c3c2)ccn1)C(F)(F)F. The van der Waals surface area contributed by atoms with Gasteiger partial charge in [0.2, 0.25) is 0 Å². The van der Waals surface area contributed by atoms with Crippen LogP contribution in [0.2, 0.25) is 0 Å². The molecule has 2 heterocycles. The summed E-state index contributed by atoms with van der Waals surface area (Å²) in [6, 6.07) is 8.42. The molecule has 0 saturated heterocycles. The Hall–Kier alpha value is -3.23.